The van der Waals surface area contributed by atoms with Gasteiger partial charge >= 0.3 is 0 Å². The summed E-state index contributed by atoms with van der Waals surface area (Å²) in [5, 5.41) is 2.64. The first-order chi connectivity index (χ1) is 6.09. The van der Waals surface area contributed by atoms with E-state index in [0.29, 0.717) is 11.0 Å². The molecule has 0 radical (unpaired) electrons. The zero-order chi connectivity index (χ0) is 9.84. The van der Waals surface area contributed by atoms with E-state index in [-0.39, 0.29) is 5.82 Å². The molecule has 1 aromatic rings. The van der Waals surface area contributed by atoms with Crippen LogP contribution in [0.25, 0.3) is 0 Å². The van der Waals surface area contributed by atoms with Gasteiger partial charge in [-0.2, -0.15) is 0 Å². The summed E-state index contributed by atoms with van der Waals surface area (Å²) in [5.74, 6) is -1.39. The Morgan fingerprint density at radius 1 is 1.62 bits per heavy atom. The second kappa shape index (κ2) is 4.32. The normalized spacial score (nSPS) is 9.77. The van der Waals surface area contributed by atoms with Crippen LogP contribution in [0.4, 0.5) is 14.6 Å². The summed E-state index contributed by atoms with van der Waals surface area (Å²) >= 11 is 3.09. The molecule has 0 bridgehead atoms. The summed E-state index contributed by atoms with van der Waals surface area (Å²) in [6.07, 6.45) is 0.947. The zero-order valence-corrected chi connectivity index (χ0v) is 8.24. The van der Waals surface area contributed by atoms with E-state index in [0.717, 1.165) is 12.3 Å². The monoisotopic (exact) mass is 248 g/mol. The molecule has 0 aliphatic heterocycles. The van der Waals surface area contributed by atoms with Crippen molar-refractivity contribution >= 4 is 21.7 Å². The van der Waals surface area contributed by atoms with Gasteiger partial charge in [0.05, 0.1) is 6.20 Å². The standard InChI is InChI=1S/C8H7BrF2N2/c1-5(9)3-12-8-7(11)2-6(10)4-13-8/h2,4H,1,3H2,(H,12,13). The van der Waals surface area contributed by atoms with Gasteiger partial charge in [0.1, 0.15) is 5.82 Å². The van der Waals surface area contributed by atoms with E-state index in [4.69, 9.17) is 0 Å². The Morgan fingerprint density at radius 2 is 2.31 bits per heavy atom. The molecule has 0 aliphatic carbocycles. The van der Waals surface area contributed by atoms with Crippen LogP contribution >= 0.6 is 15.9 Å². The van der Waals surface area contributed by atoms with Gasteiger partial charge in [0, 0.05) is 17.1 Å². The second-order valence-electron chi connectivity index (χ2n) is 2.35. The van der Waals surface area contributed by atoms with Crippen LogP contribution in [0.15, 0.2) is 23.3 Å². The maximum atomic E-state index is 12.9. The Hall–Kier alpha value is -0.970. The van der Waals surface area contributed by atoms with Gasteiger partial charge in [0.25, 0.3) is 0 Å². The lowest BCUT2D eigenvalue weighted by molar-refractivity contribution is 0.576. The number of halogens is 3. The second-order valence-corrected chi connectivity index (χ2v) is 3.48. The third-order valence-electron chi connectivity index (χ3n) is 1.26. The fourth-order valence-corrected chi connectivity index (χ4v) is 0.864. The van der Waals surface area contributed by atoms with Crippen LogP contribution in [0.1, 0.15) is 0 Å². The van der Waals surface area contributed by atoms with E-state index >= 15 is 0 Å². The molecule has 1 N–H and O–H groups in total. The van der Waals surface area contributed by atoms with Crippen molar-refractivity contribution in [1.82, 2.24) is 4.98 Å². The smallest absolute Gasteiger partial charge is 0.168 e. The molecule has 0 saturated heterocycles. The predicted molar refractivity (Wildman–Crippen MR) is 50.7 cm³/mol. The number of hydrogen-bond donors (Lipinski definition) is 1. The number of anilines is 1. The van der Waals surface area contributed by atoms with Crippen LogP contribution in [0.3, 0.4) is 0 Å². The zero-order valence-electron chi connectivity index (χ0n) is 6.65. The van der Waals surface area contributed by atoms with Gasteiger partial charge in [-0.05, 0) is 0 Å². The molecule has 5 heteroatoms. The quantitative estimate of drug-likeness (QED) is 0.890. The van der Waals surface area contributed by atoms with E-state index in [9.17, 15) is 8.78 Å². The molecule has 0 unspecified atom stereocenters. The Morgan fingerprint density at radius 3 is 2.85 bits per heavy atom. The van der Waals surface area contributed by atoms with Crippen LogP contribution in [-0.4, -0.2) is 11.5 Å². The molecule has 0 aromatic carbocycles. The van der Waals surface area contributed by atoms with Crippen molar-refractivity contribution < 1.29 is 8.78 Å². The molecule has 0 spiro atoms. The summed E-state index contributed by atoms with van der Waals surface area (Å²) in [7, 11) is 0. The van der Waals surface area contributed by atoms with Crippen LogP contribution in [0.2, 0.25) is 0 Å². The van der Waals surface area contributed by atoms with E-state index in [2.05, 4.69) is 32.8 Å². The first-order valence-corrected chi connectivity index (χ1v) is 4.27. The molecule has 2 nitrogen and oxygen atoms in total. The highest BCUT2D eigenvalue weighted by Crippen LogP contribution is 2.12. The van der Waals surface area contributed by atoms with Crippen molar-refractivity contribution in [3.05, 3.63) is 35.0 Å². The van der Waals surface area contributed by atoms with Gasteiger partial charge in [-0.15, -0.1) is 0 Å². The van der Waals surface area contributed by atoms with Gasteiger partial charge in [-0.25, -0.2) is 13.8 Å². The molecule has 0 saturated carbocycles. The molecule has 0 fully saturated rings. The molecule has 0 atom stereocenters. The number of hydrogen-bond acceptors (Lipinski definition) is 2. The number of pyridine rings is 1. The van der Waals surface area contributed by atoms with Crippen LogP contribution < -0.4 is 5.32 Å². The van der Waals surface area contributed by atoms with Crippen LogP contribution in [0.5, 0.6) is 0 Å². The molecular weight excluding hydrogens is 242 g/mol. The predicted octanol–water partition coefficient (Wildman–Crippen LogP) is 2.68. The molecule has 1 heterocycles. The van der Waals surface area contributed by atoms with Gasteiger partial charge in [0.2, 0.25) is 0 Å². The highest BCUT2D eigenvalue weighted by atomic mass is 79.9. The van der Waals surface area contributed by atoms with Gasteiger partial charge < -0.3 is 5.32 Å². The fraction of sp³-hybridized carbons (Fsp3) is 0.125. The molecule has 1 aromatic heterocycles. The molecular formula is C8H7BrF2N2. The SMILES string of the molecule is C=C(Br)CNc1ncc(F)cc1F. The van der Waals surface area contributed by atoms with E-state index in [1.54, 1.807) is 0 Å². The summed E-state index contributed by atoms with van der Waals surface area (Å²) < 4.78 is 25.9. The highest BCUT2D eigenvalue weighted by molar-refractivity contribution is 9.11. The van der Waals surface area contributed by atoms with Crippen molar-refractivity contribution in [3.8, 4) is 0 Å². The lowest BCUT2D eigenvalue weighted by Gasteiger charge is -2.04. The van der Waals surface area contributed by atoms with Crippen LogP contribution in [-0.2, 0) is 0 Å². The number of aromatic nitrogens is 1. The highest BCUT2D eigenvalue weighted by Gasteiger charge is 2.03. The number of rotatable bonds is 3. The minimum Gasteiger partial charge on any atom is -0.363 e. The first-order valence-electron chi connectivity index (χ1n) is 3.48. The Kier molecular flexibility index (Phi) is 3.36. The van der Waals surface area contributed by atoms with Crippen LogP contribution in [0, 0.1) is 11.6 Å². The Balaban J connectivity index is 2.72. The average molecular weight is 249 g/mol. The maximum Gasteiger partial charge on any atom is 0.168 e. The molecule has 0 amide bonds. The third kappa shape index (κ3) is 3.10. The van der Waals surface area contributed by atoms with Crippen molar-refractivity contribution in [1.29, 1.82) is 0 Å². The van der Waals surface area contributed by atoms with E-state index < -0.39 is 11.6 Å². The molecule has 1 rings (SSSR count). The van der Waals surface area contributed by atoms with Gasteiger partial charge in [0.15, 0.2) is 11.6 Å². The summed E-state index contributed by atoms with van der Waals surface area (Å²) in [6, 6.07) is 0.770. The van der Waals surface area contributed by atoms with Crippen molar-refractivity contribution in [2.24, 2.45) is 0 Å². The first kappa shape index (κ1) is 10.1. The van der Waals surface area contributed by atoms with Gasteiger partial charge in [-0.1, -0.05) is 22.5 Å². The van der Waals surface area contributed by atoms with Crippen molar-refractivity contribution in [2.45, 2.75) is 0 Å². The summed E-state index contributed by atoms with van der Waals surface area (Å²) in [4.78, 5) is 3.53. The third-order valence-corrected chi connectivity index (χ3v) is 1.54. The number of nitrogens with zero attached hydrogens (tertiary/aromatic N) is 1. The Bertz CT molecular complexity index is 328. The van der Waals surface area contributed by atoms with Crippen molar-refractivity contribution in [2.75, 3.05) is 11.9 Å². The maximum absolute atomic E-state index is 12.9. The lowest BCUT2D eigenvalue weighted by atomic mass is 10.4. The van der Waals surface area contributed by atoms with Crippen molar-refractivity contribution in [3.63, 3.8) is 0 Å². The van der Waals surface area contributed by atoms with E-state index in [1.807, 2.05) is 0 Å². The molecule has 0 aliphatic rings. The van der Waals surface area contributed by atoms with Gasteiger partial charge in [-0.3, -0.25) is 0 Å². The Labute approximate surface area is 82.8 Å². The lowest BCUT2D eigenvalue weighted by Crippen LogP contribution is -2.05. The largest absolute Gasteiger partial charge is 0.363 e. The minimum absolute atomic E-state index is 0.0157. The minimum atomic E-state index is -0.714. The number of nitrogens with one attached hydrogen (secondary N) is 1. The average Bonchev–Trinajstić information content (AvgIpc) is 2.02. The topological polar surface area (TPSA) is 24.9 Å². The molecule has 70 valence electrons. The van der Waals surface area contributed by atoms with E-state index in [1.165, 1.54) is 0 Å². The summed E-state index contributed by atoms with van der Waals surface area (Å²) in [6.45, 7) is 3.89. The summed E-state index contributed by atoms with van der Waals surface area (Å²) in [5.41, 5.74) is 0. The fourth-order valence-electron chi connectivity index (χ4n) is 0.724. The molecule has 13 heavy (non-hydrogen) atoms.